The van der Waals surface area contributed by atoms with Crippen molar-refractivity contribution in [1.82, 2.24) is 0 Å². The van der Waals surface area contributed by atoms with Gasteiger partial charge in [-0.15, -0.1) is 0 Å². The van der Waals surface area contributed by atoms with E-state index in [0.29, 0.717) is 19.3 Å². The first-order chi connectivity index (χ1) is 30.5. The maximum Gasteiger partial charge on any atom is 0.310 e. The number of aliphatic carboxylic acids is 1. The van der Waals surface area contributed by atoms with Crippen LogP contribution in [0.2, 0.25) is 0 Å². The van der Waals surface area contributed by atoms with Crippen LogP contribution in [0.1, 0.15) is 106 Å². The van der Waals surface area contributed by atoms with Gasteiger partial charge in [-0.2, -0.15) is 0 Å². The molecule has 18 heteroatoms. The van der Waals surface area contributed by atoms with Gasteiger partial charge in [-0.05, 0) is 104 Å². The fraction of sp³-hybridized carbons (Fsp3) is 0.936. The summed E-state index contributed by atoms with van der Waals surface area (Å²) in [6.45, 7) is 11.6. The first-order valence-electron chi connectivity index (χ1n) is 23.9. The number of rotatable bonds is 10. The van der Waals surface area contributed by atoms with Crippen LogP contribution in [-0.2, 0) is 33.2 Å². The SMILES string of the molecule is CC1(C)CCC2(C(=O)O)CCC3(C)C(=CCC4C5(C)CCC(OC6OC(CO)C(OC7OC(CO)C(OC8OCC(O)C(O)C8O)C(O)C7O)C(O)C6O)C(C)(CO)C5CCC43C)C2C1. The minimum absolute atomic E-state index is 0.00527. The third kappa shape index (κ3) is 7.80. The van der Waals surface area contributed by atoms with Gasteiger partial charge in [0.05, 0.1) is 37.9 Å². The molecule has 65 heavy (non-hydrogen) atoms. The number of aliphatic hydroxyl groups is 10. The Bertz CT molecular complexity index is 1760. The highest BCUT2D eigenvalue weighted by molar-refractivity contribution is 5.76. The van der Waals surface area contributed by atoms with Crippen LogP contribution in [0.25, 0.3) is 0 Å². The summed E-state index contributed by atoms with van der Waals surface area (Å²) in [4.78, 5) is 13.1. The van der Waals surface area contributed by atoms with Crippen LogP contribution in [0.15, 0.2) is 11.6 Å². The molecule has 0 bridgehead atoms. The fourth-order valence-electron chi connectivity index (χ4n) is 14.9. The van der Waals surface area contributed by atoms with Gasteiger partial charge >= 0.3 is 5.97 Å². The van der Waals surface area contributed by atoms with E-state index in [1.165, 1.54) is 5.57 Å². The third-order valence-electron chi connectivity index (χ3n) is 19.1. The highest BCUT2D eigenvalue weighted by atomic mass is 16.8. The molecule has 3 heterocycles. The van der Waals surface area contributed by atoms with Crippen molar-refractivity contribution in [3.05, 3.63) is 11.6 Å². The van der Waals surface area contributed by atoms with Crippen molar-refractivity contribution >= 4 is 5.97 Å². The smallest absolute Gasteiger partial charge is 0.310 e. The molecule has 372 valence electrons. The number of aliphatic hydroxyl groups excluding tert-OH is 10. The minimum Gasteiger partial charge on any atom is -0.481 e. The predicted octanol–water partition coefficient (Wildman–Crippen LogP) is 0.318. The molecule has 5 aliphatic carbocycles. The summed E-state index contributed by atoms with van der Waals surface area (Å²) in [5.41, 5.74) is -0.681. The van der Waals surface area contributed by atoms with Crippen molar-refractivity contribution in [2.24, 2.45) is 50.2 Å². The van der Waals surface area contributed by atoms with Gasteiger partial charge in [-0.3, -0.25) is 4.79 Å². The predicted molar refractivity (Wildman–Crippen MR) is 226 cm³/mol. The third-order valence-corrected chi connectivity index (χ3v) is 19.1. The lowest BCUT2D eigenvalue weighted by Crippen LogP contribution is -2.67. The number of fused-ring (bicyclic) bond motifs is 7. The van der Waals surface area contributed by atoms with Crippen LogP contribution in [0.3, 0.4) is 0 Å². The first-order valence-corrected chi connectivity index (χ1v) is 23.9. The molecule has 0 aromatic carbocycles. The van der Waals surface area contributed by atoms with Crippen molar-refractivity contribution in [3.8, 4) is 0 Å². The standard InChI is InChI=1S/C47H76O18/c1-42(2)13-15-47(41(58)59)16-14-45(5)22(23(47)17-42)7-8-28-43(3)11-10-29(44(4,21-50)27(43)9-12-46(28,45)6)63-39-34(56)31(53)37(26(19-49)61-39)65-40-35(57)32(54)36(25(18-48)62-40)64-38-33(55)30(52)24(51)20-60-38/h7,23-40,48-57H,8-21H2,1-6H3,(H,58,59). The van der Waals surface area contributed by atoms with Crippen LogP contribution in [0, 0.1) is 50.2 Å². The second-order valence-electron chi connectivity index (χ2n) is 22.9. The molecule has 18 nitrogen and oxygen atoms in total. The molecule has 23 atom stereocenters. The summed E-state index contributed by atoms with van der Waals surface area (Å²) in [5, 5.41) is 118. The monoisotopic (exact) mass is 929 g/mol. The average Bonchev–Trinajstić information content (AvgIpc) is 3.26. The molecular weight excluding hydrogens is 852 g/mol. The minimum atomic E-state index is -1.90. The van der Waals surface area contributed by atoms with Crippen LogP contribution < -0.4 is 0 Å². The van der Waals surface area contributed by atoms with Crippen molar-refractivity contribution in [2.75, 3.05) is 26.4 Å². The maximum atomic E-state index is 13.1. The van der Waals surface area contributed by atoms with Gasteiger partial charge in [0.1, 0.15) is 67.1 Å². The van der Waals surface area contributed by atoms with E-state index in [0.717, 1.165) is 44.9 Å². The molecule has 8 aliphatic rings. The molecule has 11 N–H and O–H groups in total. The Morgan fingerprint density at radius 2 is 1.25 bits per heavy atom. The van der Waals surface area contributed by atoms with Gasteiger partial charge < -0.3 is 84.6 Å². The lowest BCUT2D eigenvalue weighted by Gasteiger charge is -2.71. The van der Waals surface area contributed by atoms with Crippen molar-refractivity contribution in [3.63, 3.8) is 0 Å². The van der Waals surface area contributed by atoms with Gasteiger partial charge in [-0.1, -0.05) is 53.2 Å². The van der Waals surface area contributed by atoms with Gasteiger partial charge in [-0.25, -0.2) is 0 Å². The Hall–Kier alpha value is -1.43. The zero-order valence-corrected chi connectivity index (χ0v) is 38.6. The van der Waals surface area contributed by atoms with E-state index in [9.17, 15) is 61.0 Å². The molecule has 4 saturated carbocycles. The number of hydrogen-bond donors (Lipinski definition) is 11. The van der Waals surface area contributed by atoms with Crippen molar-refractivity contribution in [2.45, 2.75) is 198 Å². The highest BCUT2D eigenvalue weighted by Gasteiger charge is 2.70. The van der Waals surface area contributed by atoms with Crippen molar-refractivity contribution in [1.29, 1.82) is 0 Å². The van der Waals surface area contributed by atoms with E-state index in [2.05, 4.69) is 40.7 Å². The van der Waals surface area contributed by atoms with Crippen molar-refractivity contribution < 1.29 is 89.4 Å². The Kier molecular flexibility index (Phi) is 13.7. The molecule has 3 aliphatic heterocycles. The maximum absolute atomic E-state index is 13.1. The Morgan fingerprint density at radius 1 is 0.677 bits per heavy atom. The summed E-state index contributed by atoms with van der Waals surface area (Å²) < 4.78 is 35.2. The fourth-order valence-corrected chi connectivity index (χ4v) is 14.9. The molecule has 0 spiro atoms. The quantitative estimate of drug-likeness (QED) is 0.104. The molecule has 7 fully saturated rings. The van der Waals surface area contributed by atoms with E-state index < -0.39 is 129 Å². The molecule has 0 aromatic heterocycles. The van der Waals surface area contributed by atoms with E-state index in [1.807, 2.05) is 6.92 Å². The zero-order chi connectivity index (χ0) is 47.4. The summed E-state index contributed by atoms with van der Waals surface area (Å²) in [5.74, 6) is -0.434. The van der Waals surface area contributed by atoms with Crippen LogP contribution in [0.4, 0.5) is 0 Å². The second kappa shape index (κ2) is 17.8. The van der Waals surface area contributed by atoms with Crippen LogP contribution >= 0.6 is 0 Å². The Labute approximate surface area is 380 Å². The van der Waals surface area contributed by atoms with E-state index >= 15 is 0 Å². The van der Waals surface area contributed by atoms with Gasteiger partial charge in [0.2, 0.25) is 0 Å². The topological polar surface area (TPSA) is 295 Å². The first kappa shape index (κ1) is 50.0. The molecule has 8 rings (SSSR count). The van der Waals surface area contributed by atoms with Gasteiger partial charge in [0, 0.05) is 5.41 Å². The molecule has 3 saturated heterocycles. The van der Waals surface area contributed by atoms with E-state index in [1.54, 1.807) is 0 Å². The number of allylic oxidation sites excluding steroid dienone is 2. The molecule has 0 amide bonds. The number of carboxylic acids is 1. The molecule has 0 aromatic rings. The second-order valence-corrected chi connectivity index (χ2v) is 22.9. The van der Waals surface area contributed by atoms with Crippen LogP contribution in [-0.4, -0.2) is 181 Å². The summed E-state index contributed by atoms with van der Waals surface area (Å²) in [7, 11) is 0. The molecule has 23 unspecified atom stereocenters. The van der Waals surface area contributed by atoms with Crippen LogP contribution in [0.5, 0.6) is 0 Å². The number of carbonyl (C=O) groups is 1. The highest BCUT2D eigenvalue weighted by Crippen LogP contribution is 2.76. The normalized spacial score (nSPS) is 54.3. The molecule has 0 radical (unpaired) electrons. The lowest BCUT2D eigenvalue weighted by molar-refractivity contribution is -0.380. The van der Waals surface area contributed by atoms with Gasteiger partial charge in [0.15, 0.2) is 18.9 Å². The zero-order valence-electron chi connectivity index (χ0n) is 38.6. The summed E-state index contributed by atoms with van der Waals surface area (Å²) >= 11 is 0. The number of ether oxygens (including phenoxy) is 6. The average molecular weight is 929 g/mol. The number of hydrogen-bond acceptors (Lipinski definition) is 17. The Morgan fingerprint density at radius 3 is 1.83 bits per heavy atom. The summed E-state index contributed by atoms with van der Waals surface area (Å²) in [6, 6.07) is 0. The molecular formula is C47H76O18. The van der Waals surface area contributed by atoms with E-state index in [4.69, 9.17) is 28.4 Å². The Balaban J connectivity index is 0.960. The lowest BCUT2D eigenvalue weighted by atomic mass is 9.33. The largest absolute Gasteiger partial charge is 0.481 e. The summed E-state index contributed by atoms with van der Waals surface area (Å²) in [6.07, 6.45) is -13.2. The van der Waals surface area contributed by atoms with E-state index in [-0.39, 0.29) is 46.0 Å². The number of carboxylic acid groups (broad SMARTS) is 1. The van der Waals surface area contributed by atoms with Gasteiger partial charge in [0.25, 0.3) is 0 Å².